The van der Waals surface area contributed by atoms with E-state index in [2.05, 4.69) is 18.6 Å². The standard InChI is InChI=1S/C15H29NO4S/c1-11(2)7-5-8-12(3)16-21(18,19)14-10-6-9-13(14)15(17)20-4/h11-14,16H,5-10H2,1-4H3. The molecule has 21 heavy (non-hydrogen) atoms. The Hall–Kier alpha value is -0.620. The molecule has 1 rings (SSSR count). The SMILES string of the molecule is COC(=O)C1CCCC1S(=O)(=O)NC(C)CCCC(C)C. The first-order valence-electron chi connectivity index (χ1n) is 7.87. The van der Waals surface area contributed by atoms with Crippen molar-refractivity contribution in [2.24, 2.45) is 11.8 Å². The van der Waals surface area contributed by atoms with Gasteiger partial charge < -0.3 is 4.74 Å². The molecule has 124 valence electrons. The van der Waals surface area contributed by atoms with Crippen LogP contribution in [0.25, 0.3) is 0 Å². The van der Waals surface area contributed by atoms with Crippen LogP contribution in [-0.2, 0) is 19.6 Å². The van der Waals surface area contributed by atoms with E-state index in [1.807, 2.05) is 6.92 Å². The van der Waals surface area contributed by atoms with Crippen LogP contribution in [-0.4, -0.2) is 32.8 Å². The average Bonchev–Trinajstić information content (AvgIpc) is 2.86. The molecule has 0 amide bonds. The number of esters is 1. The molecule has 0 spiro atoms. The minimum Gasteiger partial charge on any atom is -0.469 e. The summed E-state index contributed by atoms with van der Waals surface area (Å²) in [6.45, 7) is 6.21. The van der Waals surface area contributed by atoms with E-state index in [9.17, 15) is 13.2 Å². The number of hydrogen-bond donors (Lipinski definition) is 1. The second kappa shape index (κ2) is 8.13. The summed E-state index contributed by atoms with van der Waals surface area (Å²) in [6.07, 6.45) is 4.82. The van der Waals surface area contributed by atoms with E-state index < -0.39 is 27.2 Å². The van der Waals surface area contributed by atoms with Crippen LogP contribution in [0.4, 0.5) is 0 Å². The Kier molecular flexibility index (Phi) is 7.13. The molecule has 0 radical (unpaired) electrons. The summed E-state index contributed by atoms with van der Waals surface area (Å²) in [5.41, 5.74) is 0. The van der Waals surface area contributed by atoms with Crippen LogP contribution >= 0.6 is 0 Å². The molecule has 1 aliphatic rings. The van der Waals surface area contributed by atoms with E-state index in [0.717, 1.165) is 25.7 Å². The molecule has 5 nitrogen and oxygen atoms in total. The van der Waals surface area contributed by atoms with Crippen molar-refractivity contribution in [3.05, 3.63) is 0 Å². The Bertz CT molecular complexity index is 433. The summed E-state index contributed by atoms with van der Waals surface area (Å²) in [5, 5.41) is -0.641. The van der Waals surface area contributed by atoms with E-state index >= 15 is 0 Å². The summed E-state index contributed by atoms with van der Waals surface area (Å²) in [7, 11) is -2.15. The van der Waals surface area contributed by atoms with Crippen molar-refractivity contribution in [2.45, 2.75) is 70.6 Å². The number of rotatable bonds is 8. The molecule has 0 saturated heterocycles. The highest BCUT2D eigenvalue weighted by atomic mass is 32.2. The van der Waals surface area contributed by atoms with Crippen LogP contribution in [0, 0.1) is 11.8 Å². The van der Waals surface area contributed by atoms with Gasteiger partial charge in [-0.1, -0.05) is 33.1 Å². The van der Waals surface area contributed by atoms with Crippen LogP contribution in [0.3, 0.4) is 0 Å². The number of methoxy groups -OCH3 is 1. The first-order chi connectivity index (χ1) is 9.77. The predicted octanol–water partition coefficient (Wildman–Crippen LogP) is 2.46. The van der Waals surface area contributed by atoms with Gasteiger partial charge >= 0.3 is 5.97 Å². The highest BCUT2D eigenvalue weighted by Crippen LogP contribution is 2.32. The lowest BCUT2D eigenvalue weighted by atomic mass is 10.0. The molecule has 1 aliphatic carbocycles. The molecule has 0 bridgehead atoms. The molecule has 1 fully saturated rings. The van der Waals surface area contributed by atoms with Gasteiger partial charge in [0.1, 0.15) is 0 Å². The van der Waals surface area contributed by atoms with Gasteiger partial charge in [-0.3, -0.25) is 4.79 Å². The summed E-state index contributed by atoms with van der Waals surface area (Å²) in [5.74, 6) is -0.293. The van der Waals surface area contributed by atoms with Gasteiger partial charge in [-0.05, 0) is 32.1 Å². The van der Waals surface area contributed by atoms with E-state index in [-0.39, 0.29) is 6.04 Å². The fraction of sp³-hybridized carbons (Fsp3) is 0.933. The molecule has 1 N–H and O–H groups in total. The Labute approximate surface area is 128 Å². The van der Waals surface area contributed by atoms with Gasteiger partial charge in [-0.2, -0.15) is 0 Å². The van der Waals surface area contributed by atoms with E-state index in [1.54, 1.807) is 0 Å². The second-order valence-corrected chi connectivity index (χ2v) is 8.42. The Morgan fingerprint density at radius 3 is 2.48 bits per heavy atom. The van der Waals surface area contributed by atoms with Crippen molar-refractivity contribution in [1.82, 2.24) is 4.72 Å². The van der Waals surface area contributed by atoms with Gasteiger partial charge in [0.25, 0.3) is 0 Å². The zero-order chi connectivity index (χ0) is 16.0. The van der Waals surface area contributed by atoms with Gasteiger partial charge in [0.05, 0.1) is 18.3 Å². The van der Waals surface area contributed by atoms with Gasteiger partial charge in [-0.15, -0.1) is 0 Å². The minimum atomic E-state index is -3.47. The first kappa shape index (κ1) is 18.4. The van der Waals surface area contributed by atoms with Crippen LogP contribution in [0.2, 0.25) is 0 Å². The number of sulfonamides is 1. The molecule has 3 atom stereocenters. The smallest absolute Gasteiger partial charge is 0.310 e. The molecule has 0 aromatic heterocycles. The lowest BCUT2D eigenvalue weighted by molar-refractivity contribution is -0.145. The molecule has 0 aliphatic heterocycles. The van der Waals surface area contributed by atoms with Crippen LogP contribution in [0.15, 0.2) is 0 Å². The lowest BCUT2D eigenvalue weighted by Crippen LogP contribution is -2.43. The maximum atomic E-state index is 12.5. The molecular formula is C15H29NO4S. The Morgan fingerprint density at radius 2 is 1.90 bits per heavy atom. The highest BCUT2D eigenvalue weighted by Gasteiger charge is 2.42. The molecule has 0 aromatic rings. The minimum absolute atomic E-state index is 0.0901. The maximum absolute atomic E-state index is 12.5. The van der Waals surface area contributed by atoms with Crippen LogP contribution in [0.1, 0.15) is 59.3 Å². The normalized spacial score (nSPS) is 24.2. The first-order valence-corrected chi connectivity index (χ1v) is 9.41. The van der Waals surface area contributed by atoms with Gasteiger partial charge in [0, 0.05) is 6.04 Å². The maximum Gasteiger partial charge on any atom is 0.310 e. The van der Waals surface area contributed by atoms with Crippen molar-refractivity contribution in [2.75, 3.05) is 7.11 Å². The fourth-order valence-electron chi connectivity index (χ4n) is 2.98. The van der Waals surface area contributed by atoms with Crippen molar-refractivity contribution >= 4 is 16.0 Å². The topological polar surface area (TPSA) is 72.5 Å². The second-order valence-electron chi connectivity index (χ2n) is 6.49. The number of hydrogen-bond acceptors (Lipinski definition) is 4. The summed E-state index contributed by atoms with van der Waals surface area (Å²) >= 11 is 0. The number of nitrogens with one attached hydrogen (secondary N) is 1. The zero-order valence-corrected chi connectivity index (χ0v) is 14.4. The third-order valence-electron chi connectivity index (χ3n) is 4.14. The van der Waals surface area contributed by atoms with E-state index in [4.69, 9.17) is 4.74 Å². The molecular weight excluding hydrogens is 290 g/mol. The van der Waals surface area contributed by atoms with E-state index in [0.29, 0.717) is 18.8 Å². The summed E-state index contributed by atoms with van der Waals surface area (Å²) in [6, 6.07) is -0.0901. The summed E-state index contributed by atoms with van der Waals surface area (Å²) in [4.78, 5) is 11.7. The van der Waals surface area contributed by atoms with Crippen molar-refractivity contribution in [1.29, 1.82) is 0 Å². The van der Waals surface area contributed by atoms with Gasteiger partial charge in [0.2, 0.25) is 10.0 Å². The molecule has 3 unspecified atom stereocenters. The van der Waals surface area contributed by atoms with Gasteiger partial charge in [0.15, 0.2) is 0 Å². The molecule has 0 heterocycles. The van der Waals surface area contributed by atoms with Crippen LogP contribution in [0.5, 0.6) is 0 Å². The molecule has 0 aromatic carbocycles. The highest BCUT2D eigenvalue weighted by molar-refractivity contribution is 7.90. The number of carbonyl (C=O) groups is 1. The average molecular weight is 319 g/mol. The largest absolute Gasteiger partial charge is 0.469 e. The van der Waals surface area contributed by atoms with Crippen molar-refractivity contribution in [3.8, 4) is 0 Å². The Balaban J connectivity index is 2.57. The third kappa shape index (κ3) is 5.58. The zero-order valence-electron chi connectivity index (χ0n) is 13.6. The third-order valence-corrected chi connectivity index (χ3v) is 6.23. The molecule has 6 heteroatoms. The van der Waals surface area contributed by atoms with Crippen molar-refractivity contribution < 1.29 is 17.9 Å². The Morgan fingerprint density at radius 1 is 1.24 bits per heavy atom. The fourth-order valence-corrected chi connectivity index (χ4v) is 4.99. The quantitative estimate of drug-likeness (QED) is 0.698. The predicted molar refractivity (Wildman–Crippen MR) is 83.4 cm³/mol. The monoisotopic (exact) mass is 319 g/mol. The lowest BCUT2D eigenvalue weighted by Gasteiger charge is -2.21. The van der Waals surface area contributed by atoms with Crippen LogP contribution < -0.4 is 4.72 Å². The molecule has 1 saturated carbocycles. The number of carbonyl (C=O) groups excluding carboxylic acids is 1. The van der Waals surface area contributed by atoms with E-state index in [1.165, 1.54) is 7.11 Å². The van der Waals surface area contributed by atoms with Crippen molar-refractivity contribution in [3.63, 3.8) is 0 Å². The van der Waals surface area contributed by atoms with Gasteiger partial charge in [-0.25, -0.2) is 13.1 Å². The number of ether oxygens (including phenoxy) is 1. The summed E-state index contributed by atoms with van der Waals surface area (Å²) < 4.78 is 32.4.